The molecule has 0 saturated heterocycles. The van der Waals surface area contributed by atoms with Crippen molar-refractivity contribution in [3.05, 3.63) is 89.6 Å². The van der Waals surface area contributed by atoms with E-state index in [4.69, 9.17) is 9.47 Å². The largest absolute Gasteiger partial charge is 0.493 e. The first-order chi connectivity index (χ1) is 17.0. The maximum Gasteiger partial charge on any atom is 0.283 e. The van der Waals surface area contributed by atoms with Gasteiger partial charge in [-0.1, -0.05) is 53.7 Å². The van der Waals surface area contributed by atoms with Gasteiger partial charge in [0.1, 0.15) is 5.70 Å². The zero-order valence-electron chi connectivity index (χ0n) is 19.6. The lowest BCUT2D eigenvalue weighted by Gasteiger charge is -2.17. The number of anilines is 2. The molecule has 178 valence electrons. The van der Waals surface area contributed by atoms with Crippen LogP contribution in [0.3, 0.4) is 0 Å². The standard InChI is InChI=1S/C27H25N3O4S/c1-18-9-12-20(13-10-18)28-25(31)17-35-27-29-22(26(32)30(27)21-7-5-4-6-8-21)15-19-11-14-23(33-2)24(16-19)34-3/h4-16H,17H2,1-3H3,(H,28,31)/b22-15-. The molecule has 1 aliphatic rings. The summed E-state index contributed by atoms with van der Waals surface area (Å²) in [5.41, 5.74) is 3.52. The van der Waals surface area contributed by atoms with E-state index in [0.29, 0.717) is 22.4 Å². The Kier molecular flexibility index (Phi) is 7.52. The third kappa shape index (κ3) is 5.73. The number of amidine groups is 1. The lowest BCUT2D eigenvalue weighted by Crippen LogP contribution is -2.31. The molecule has 0 fully saturated rings. The van der Waals surface area contributed by atoms with Gasteiger partial charge in [0.2, 0.25) is 5.91 Å². The number of aryl methyl sites for hydroxylation is 1. The number of aliphatic imine (C=N–C) groups is 1. The topological polar surface area (TPSA) is 80.2 Å². The minimum atomic E-state index is -0.271. The fraction of sp³-hybridized carbons (Fsp3) is 0.148. The Bertz CT molecular complexity index is 1290. The molecule has 3 aromatic carbocycles. The number of carbonyl (C=O) groups excluding carboxylic acids is 2. The molecule has 1 aliphatic heterocycles. The molecule has 3 aromatic rings. The molecule has 7 nitrogen and oxygen atoms in total. The van der Waals surface area contributed by atoms with Crippen LogP contribution in [0.1, 0.15) is 11.1 Å². The van der Waals surface area contributed by atoms with E-state index in [1.54, 1.807) is 32.4 Å². The van der Waals surface area contributed by atoms with E-state index in [1.165, 1.54) is 16.7 Å². The third-order valence-electron chi connectivity index (χ3n) is 5.22. The van der Waals surface area contributed by atoms with Crippen LogP contribution < -0.4 is 19.7 Å². The first-order valence-electron chi connectivity index (χ1n) is 10.9. The average molecular weight is 488 g/mol. The second-order valence-corrected chi connectivity index (χ2v) is 8.66. The molecule has 0 spiro atoms. The highest BCUT2D eigenvalue weighted by Gasteiger charge is 2.32. The highest BCUT2D eigenvalue weighted by Crippen LogP contribution is 2.32. The molecule has 0 unspecified atom stereocenters. The number of thioether (sulfide) groups is 1. The van der Waals surface area contributed by atoms with Crippen molar-refractivity contribution in [2.45, 2.75) is 6.92 Å². The minimum Gasteiger partial charge on any atom is -0.493 e. The average Bonchev–Trinajstić information content (AvgIpc) is 3.19. The van der Waals surface area contributed by atoms with Crippen LogP contribution in [0.2, 0.25) is 0 Å². The Morgan fingerprint density at radius 2 is 1.71 bits per heavy atom. The van der Waals surface area contributed by atoms with E-state index in [0.717, 1.165) is 16.8 Å². The number of benzene rings is 3. The maximum atomic E-state index is 13.3. The molecular weight excluding hydrogens is 462 g/mol. The Balaban J connectivity index is 1.57. The van der Waals surface area contributed by atoms with Crippen molar-refractivity contribution in [1.29, 1.82) is 0 Å². The number of nitrogens with zero attached hydrogens (tertiary/aromatic N) is 2. The summed E-state index contributed by atoms with van der Waals surface area (Å²) in [5, 5.41) is 3.31. The molecule has 0 saturated carbocycles. The zero-order chi connectivity index (χ0) is 24.8. The summed E-state index contributed by atoms with van der Waals surface area (Å²) in [7, 11) is 3.12. The van der Waals surface area contributed by atoms with Crippen LogP contribution in [-0.4, -0.2) is 37.0 Å². The van der Waals surface area contributed by atoms with Gasteiger partial charge in [0.05, 0.1) is 25.7 Å². The van der Waals surface area contributed by atoms with Gasteiger partial charge in [0, 0.05) is 5.69 Å². The highest BCUT2D eigenvalue weighted by atomic mass is 32.2. The Morgan fingerprint density at radius 3 is 2.40 bits per heavy atom. The summed E-state index contributed by atoms with van der Waals surface area (Å²) >= 11 is 1.21. The Labute approximate surface area is 208 Å². The normalized spacial score (nSPS) is 14.1. The lowest BCUT2D eigenvalue weighted by molar-refractivity contribution is -0.114. The highest BCUT2D eigenvalue weighted by molar-refractivity contribution is 8.14. The van der Waals surface area contributed by atoms with E-state index in [2.05, 4.69) is 10.3 Å². The van der Waals surface area contributed by atoms with E-state index in [-0.39, 0.29) is 23.3 Å². The molecule has 0 aromatic heterocycles. The molecule has 0 atom stereocenters. The van der Waals surface area contributed by atoms with Gasteiger partial charge < -0.3 is 14.8 Å². The molecular formula is C27H25N3O4S. The smallest absolute Gasteiger partial charge is 0.283 e. The molecule has 4 rings (SSSR count). The number of hydrogen-bond acceptors (Lipinski definition) is 6. The number of methoxy groups -OCH3 is 2. The van der Waals surface area contributed by atoms with Crippen LogP contribution in [0.15, 0.2) is 83.5 Å². The fourth-order valence-electron chi connectivity index (χ4n) is 3.46. The molecule has 2 amide bonds. The van der Waals surface area contributed by atoms with Gasteiger partial charge in [-0.15, -0.1) is 0 Å². The quantitative estimate of drug-likeness (QED) is 0.468. The Hall–Kier alpha value is -4.04. The predicted molar refractivity (Wildman–Crippen MR) is 141 cm³/mol. The second kappa shape index (κ2) is 10.9. The summed E-state index contributed by atoms with van der Waals surface area (Å²) < 4.78 is 10.7. The molecule has 0 aliphatic carbocycles. The van der Waals surface area contributed by atoms with E-state index in [1.807, 2.05) is 67.6 Å². The first-order valence-corrected chi connectivity index (χ1v) is 11.9. The van der Waals surface area contributed by atoms with Crippen molar-refractivity contribution >= 4 is 46.2 Å². The molecule has 1 N–H and O–H groups in total. The van der Waals surface area contributed by atoms with Crippen molar-refractivity contribution in [3.8, 4) is 11.5 Å². The third-order valence-corrected chi connectivity index (χ3v) is 6.16. The summed E-state index contributed by atoms with van der Waals surface area (Å²) in [6.45, 7) is 1.99. The van der Waals surface area contributed by atoms with Gasteiger partial charge >= 0.3 is 0 Å². The number of hydrogen-bond donors (Lipinski definition) is 1. The van der Waals surface area contributed by atoms with Crippen LogP contribution in [0.4, 0.5) is 11.4 Å². The van der Waals surface area contributed by atoms with Gasteiger partial charge in [-0.25, -0.2) is 4.99 Å². The molecule has 1 heterocycles. The summed E-state index contributed by atoms with van der Waals surface area (Å²) in [5.74, 6) is 0.801. The van der Waals surface area contributed by atoms with Crippen LogP contribution >= 0.6 is 11.8 Å². The fourth-order valence-corrected chi connectivity index (χ4v) is 4.28. The van der Waals surface area contributed by atoms with Crippen LogP contribution in [0, 0.1) is 6.92 Å². The van der Waals surface area contributed by atoms with Gasteiger partial charge in [0.25, 0.3) is 5.91 Å². The van der Waals surface area contributed by atoms with Gasteiger partial charge in [-0.3, -0.25) is 14.5 Å². The molecule has 0 bridgehead atoms. The molecule has 8 heteroatoms. The van der Waals surface area contributed by atoms with E-state index >= 15 is 0 Å². The SMILES string of the molecule is COc1ccc(/C=C2\N=C(SCC(=O)Nc3ccc(C)cc3)N(c3ccccc3)C2=O)cc1OC. The van der Waals surface area contributed by atoms with E-state index < -0.39 is 0 Å². The number of para-hydroxylation sites is 1. The summed E-state index contributed by atoms with van der Waals surface area (Å²) in [4.78, 5) is 32.0. The van der Waals surface area contributed by atoms with Gasteiger partial charge in [-0.2, -0.15) is 0 Å². The first kappa shape index (κ1) is 24.1. The second-order valence-electron chi connectivity index (χ2n) is 7.72. The zero-order valence-corrected chi connectivity index (χ0v) is 20.5. The number of carbonyl (C=O) groups is 2. The lowest BCUT2D eigenvalue weighted by atomic mass is 10.1. The van der Waals surface area contributed by atoms with Gasteiger partial charge in [-0.05, 0) is 55.0 Å². The predicted octanol–water partition coefficient (Wildman–Crippen LogP) is 5.13. The number of amides is 2. The van der Waals surface area contributed by atoms with Crippen LogP contribution in [-0.2, 0) is 9.59 Å². The summed E-state index contributed by atoms with van der Waals surface area (Å²) in [6.07, 6.45) is 1.69. The van der Waals surface area contributed by atoms with Gasteiger partial charge in [0.15, 0.2) is 16.7 Å². The molecule has 35 heavy (non-hydrogen) atoms. The maximum absolute atomic E-state index is 13.3. The van der Waals surface area contributed by atoms with Crippen LogP contribution in [0.25, 0.3) is 6.08 Å². The van der Waals surface area contributed by atoms with Crippen molar-refractivity contribution in [2.75, 3.05) is 30.2 Å². The van der Waals surface area contributed by atoms with Crippen molar-refractivity contribution in [1.82, 2.24) is 0 Å². The number of rotatable bonds is 7. The number of ether oxygens (including phenoxy) is 2. The van der Waals surface area contributed by atoms with Crippen molar-refractivity contribution in [3.63, 3.8) is 0 Å². The minimum absolute atomic E-state index is 0.104. The van der Waals surface area contributed by atoms with Crippen molar-refractivity contribution < 1.29 is 19.1 Å². The molecule has 0 radical (unpaired) electrons. The monoisotopic (exact) mass is 487 g/mol. The number of nitrogens with one attached hydrogen (secondary N) is 1. The summed E-state index contributed by atoms with van der Waals surface area (Å²) in [6, 6.07) is 22.2. The van der Waals surface area contributed by atoms with E-state index in [9.17, 15) is 9.59 Å². The van der Waals surface area contributed by atoms with Crippen LogP contribution in [0.5, 0.6) is 11.5 Å². The van der Waals surface area contributed by atoms with Crippen molar-refractivity contribution in [2.24, 2.45) is 4.99 Å². The Morgan fingerprint density at radius 1 is 1.00 bits per heavy atom.